The molecular weight excluding hydrogens is 305 g/mol. The second-order valence-electron chi connectivity index (χ2n) is 6.23. The molecule has 1 unspecified atom stereocenters. The lowest BCUT2D eigenvalue weighted by Gasteiger charge is -2.36. The van der Waals surface area contributed by atoms with E-state index in [-0.39, 0.29) is 17.6 Å². The molecule has 126 valence electrons. The Morgan fingerprint density at radius 1 is 1.12 bits per heavy atom. The van der Waals surface area contributed by atoms with Crippen molar-refractivity contribution in [3.8, 4) is 0 Å². The summed E-state index contributed by atoms with van der Waals surface area (Å²) in [6, 6.07) is 12.3. The van der Waals surface area contributed by atoms with Crippen LogP contribution in [-0.2, 0) is 11.2 Å². The van der Waals surface area contributed by atoms with E-state index in [1.807, 2.05) is 30.0 Å². The fourth-order valence-electron chi connectivity index (χ4n) is 3.07. The molecule has 1 saturated heterocycles. The highest BCUT2D eigenvalue weighted by Gasteiger charge is 2.25. The fourth-order valence-corrected chi connectivity index (χ4v) is 3.07. The number of carbonyl (C=O) groups is 1. The molecule has 0 saturated carbocycles. The van der Waals surface area contributed by atoms with Crippen LogP contribution >= 0.6 is 0 Å². The maximum atomic E-state index is 13.0. The lowest BCUT2D eigenvalue weighted by atomic mass is 9.99. The molecule has 1 aromatic heterocycles. The van der Waals surface area contributed by atoms with Gasteiger partial charge in [0.2, 0.25) is 5.91 Å². The molecule has 0 N–H and O–H groups in total. The van der Waals surface area contributed by atoms with Crippen molar-refractivity contribution >= 4 is 11.7 Å². The topological polar surface area (TPSA) is 36.4 Å². The van der Waals surface area contributed by atoms with Crippen molar-refractivity contribution in [3.63, 3.8) is 0 Å². The van der Waals surface area contributed by atoms with E-state index >= 15 is 0 Å². The molecule has 2 heterocycles. The molecule has 1 aromatic carbocycles. The number of nitrogens with zero attached hydrogens (tertiary/aromatic N) is 3. The summed E-state index contributed by atoms with van der Waals surface area (Å²) in [6.07, 6.45) is 2.43. The minimum atomic E-state index is -0.247. The van der Waals surface area contributed by atoms with Crippen LogP contribution in [0.15, 0.2) is 48.7 Å². The van der Waals surface area contributed by atoms with Crippen LogP contribution in [0.1, 0.15) is 12.5 Å². The summed E-state index contributed by atoms with van der Waals surface area (Å²) in [6.45, 7) is 4.96. The number of carbonyl (C=O) groups excluding carboxylic acids is 1. The molecule has 5 heteroatoms. The van der Waals surface area contributed by atoms with E-state index in [4.69, 9.17) is 0 Å². The number of pyridine rings is 1. The van der Waals surface area contributed by atoms with Gasteiger partial charge in [0, 0.05) is 38.3 Å². The van der Waals surface area contributed by atoms with E-state index in [0.29, 0.717) is 19.5 Å². The molecule has 2 aromatic rings. The Labute approximate surface area is 141 Å². The smallest absolute Gasteiger partial charge is 0.225 e. The first-order valence-corrected chi connectivity index (χ1v) is 8.32. The zero-order chi connectivity index (χ0) is 16.9. The first kappa shape index (κ1) is 16.4. The lowest BCUT2D eigenvalue weighted by molar-refractivity contribution is -0.135. The van der Waals surface area contributed by atoms with Crippen molar-refractivity contribution in [1.29, 1.82) is 0 Å². The number of hydrogen-bond acceptors (Lipinski definition) is 3. The number of aromatic nitrogens is 1. The van der Waals surface area contributed by atoms with E-state index in [9.17, 15) is 9.18 Å². The lowest BCUT2D eigenvalue weighted by Crippen LogP contribution is -2.50. The van der Waals surface area contributed by atoms with E-state index in [1.54, 1.807) is 18.3 Å². The standard InChI is InChI=1S/C19H22FN3O/c1-15(14-16-5-7-17(20)8-6-16)19(24)23-12-10-22(11-13-23)18-4-2-3-9-21-18/h2-9,15H,10-14H2,1H3. The molecule has 0 aliphatic carbocycles. The summed E-state index contributed by atoms with van der Waals surface area (Å²) in [7, 11) is 0. The third-order valence-corrected chi connectivity index (χ3v) is 4.44. The molecule has 0 spiro atoms. The van der Waals surface area contributed by atoms with Gasteiger partial charge < -0.3 is 9.80 Å². The number of anilines is 1. The Hall–Kier alpha value is -2.43. The third kappa shape index (κ3) is 3.91. The largest absolute Gasteiger partial charge is 0.353 e. The quantitative estimate of drug-likeness (QED) is 0.866. The van der Waals surface area contributed by atoms with Crippen molar-refractivity contribution in [2.45, 2.75) is 13.3 Å². The molecule has 0 radical (unpaired) electrons. The average molecular weight is 327 g/mol. The van der Waals surface area contributed by atoms with Crippen LogP contribution in [0, 0.1) is 11.7 Å². The van der Waals surface area contributed by atoms with Crippen molar-refractivity contribution in [3.05, 3.63) is 60.0 Å². The number of piperazine rings is 1. The minimum absolute atomic E-state index is 0.100. The first-order valence-electron chi connectivity index (χ1n) is 8.32. The molecule has 4 nitrogen and oxygen atoms in total. The van der Waals surface area contributed by atoms with Crippen LogP contribution in [0.2, 0.25) is 0 Å². The first-order chi connectivity index (χ1) is 11.6. The number of benzene rings is 1. The Bertz CT molecular complexity index is 667. The maximum absolute atomic E-state index is 13.0. The molecule has 1 atom stereocenters. The normalized spacial score (nSPS) is 16.1. The molecule has 24 heavy (non-hydrogen) atoms. The van der Waals surface area contributed by atoms with Crippen LogP contribution < -0.4 is 4.90 Å². The molecule has 3 rings (SSSR count). The monoisotopic (exact) mass is 327 g/mol. The molecule has 1 aliphatic rings. The maximum Gasteiger partial charge on any atom is 0.225 e. The molecule has 1 aliphatic heterocycles. The second-order valence-corrected chi connectivity index (χ2v) is 6.23. The van der Waals surface area contributed by atoms with Crippen molar-refractivity contribution in [2.24, 2.45) is 5.92 Å². The zero-order valence-electron chi connectivity index (χ0n) is 13.9. The summed E-state index contributed by atoms with van der Waals surface area (Å²) in [5.74, 6) is 0.782. The van der Waals surface area contributed by atoms with Gasteiger partial charge in [-0.25, -0.2) is 9.37 Å². The van der Waals surface area contributed by atoms with Gasteiger partial charge in [0.1, 0.15) is 11.6 Å². The average Bonchev–Trinajstić information content (AvgIpc) is 2.64. The highest BCUT2D eigenvalue weighted by Crippen LogP contribution is 2.16. The Kier molecular flexibility index (Phi) is 5.08. The minimum Gasteiger partial charge on any atom is -0.353 e. The van der Waals surface area contributed by atoms with Gasteiger partial charge in [-0.3, -0.25) is 4.79 Å². The number of rotatable bonds is 4. The van der Waals surface area contributed by atoms with Gasteiger partial charge in [-0.2, -0.15) is 0 Å². The molecular formula is C19H22FN3O. The van der Waals surface area contributed by atoms with Crippen molar-refractivity contribution in [1.82, 2.24) is 9.88 Å². The summed E-state index contributed by atoms with van der Waals surface area (Å²) in [5.41, 5.74) is 0.990. The van der Waals surface area contributed by atoms with Crippen molar-refractivity contribution in [2.75, 3.05) is 31.1 Å². The summed E-state index contributed by atoms with van der Waals surface area (Å²) >= 11 is 0. The van der Waals surface area contributed by atoms with Crippen LogP contribution in [0.3, 0.4) is 0 Å². The SMILES string of the molecule is CC(Cc1ccc(F)cc1)C(=O)N1CCN(c2ccccn2)CC1. The summed E-state index contributed by atoms with van der Waals surface area (Å²) < 4.78 is 13.0. The van der Waals surface area contributed by atoms with E-state index in [1.165, 1.54) is 12.1 Å². The van der Waals surface area contributed by atoms with Crippen molar-refractivity contribution < 1.29 is 9.18 Å². The van der Waals surface area contributed by atoms with Crippen LogP contribution in [0.5, 0.6) is 0 Å². The predicted molar refractivity (Wildman–Crippen MR) is 92.3 cm³/mol. The third-order valence-electron chi connectivity index (χ3n) is 4.44. The fraction of sp³-hybridized carbons (Fsp3) is 0.368. The number of amides is 1. The predicted octanol–water partition coefficient (Wildman–Crippen LogP) is 2.75. The number of halogens is 1. The van der Waals surface area contributed by atoms with E-state index in [0.717, 1.165) is 24.5 Å². The van der Waals surface area contributed by atoms with Gasteiger partial charge >= 0.3 is 0 Å². The van der Waals surface area contributed by atoms with E-state index in [2.05, 4.69) is 9.88 Å². The van der Waals surface area contributed by atoms with Gasteiger partial charge in [-0.05, 0) is 36.2 Å². The Balaban J connectivity index is 1.53. The molecule has 1 amide bonds. The second kappa shape index (κ2) is 7.43. The Morgan fingerprint density at radius 3 is 2.46 bits per heavy atom. The van der Waals surface area contributed by atoms with Gasteiger partial charge in [-0.1, -0.05) is 25.1 Å². The van der Waals surface area contributed by atoms with Gasteiger partial charge in [0.25, 0.3) is 0 Å². The van der Waals surface area contributed by atoms with Gasteiger partial charge in [0.15, 0.2) is 0 Å². The summed E-state index contributed by atoms with van der Waals surface area (Å²) in [5, 5.41) is 0. The van der Waals surface area contributed by atoms with Gasteiger partial charge in [-0.15, -0.1) is 0 Å². The van der Waals surface area contributed by atoms with Crippen LogP contribution in [0.4, 0.5) is 10.2 Å². The van der Waals surface area contributed by atoms with Crippen LogP contribution in [-0.4, -0.2) is 42.0 Å². The summed E-state index contributed by atoms with van der Waals surface area (Å²) in [4.78, 5) is 21.1. The Morgan fingerprint density at radius 2 is 1.83 bits per heavy atom. The zero-order valence-corrected chi connectivity index (χ0v) is 13.9. The van der Waals surface area contributed by atoms with Gasteiger partial charge in [0.05, 0.1) is 0 Å². The highest BCUT2D eigenvalue weighted by atomic mass is 19.1. The number of hydrogen-bond donors (Lipinski definition) is 0. The van der Waals surface area contributed by atoms with Crippen LogP contribution in [0.25, 0.3) is 0 Å². The molecule has 0 bridgehead atoms. The highest BCUT2D eigenvalue weighted by molar-refractivity contribution is 5.79. The molecule has 1 fully saturated rings. The van der Waals surface area contributed by atoms with E-state index < -0.39 is 0 Å².